The number of anilines is 1. The normalized spacial score (nSPS) is 13.6. The molecule has 0 amide bonds. The van der Waals surface area contributed by atoms with Gasteiger partial charge in [-0.3, -0.25) is 4.72 Å². The third-order valence-electron chi connectivity index (χ3n) is 3.64. The highest BCUT2D eigenvalue weighted by Gasteiger charge is 2.25. The van der Waals surface area contributed by atoms with E-state index in [0.29, 0.717) is 6.54 Å². The molecule has 0 aliphatic carbocycles. The van der Waals surface area contributed by atoms with Crippen molar-refractivity contribution in [1.29, 1.82) is 0 Å². The number of aromatic carboxylic acids is 1. The van der Waals surface area contributed by atoms with Crippen molar-refractivity contribution in [2.75, 3.05) is 11.8 Å². The van der Waals surface area contributed by atoms with E-state index in [-0.39, 0.29) is 22.0 Å². The maximum absolute atomic E-state index is 12.5. The Kier molecular flexibility index (Phi) is 3.72. The lowest BCUT2D eigenvalue weighted by atomic mass is 10.2. The second kappa shape index (κ2) is 5.58. The maximum Gasteiger partial charge on any atom is 0.339 e. The van der Waals surface area contributed by atoms with Gasteiger partial charge in [-0.1, -0.05) is 0 Å². The first kappa shape index (κ1) is 15.3. The number of imidazole rings is 1. The molecule has 0 radical (unpaired) electrons. The number of benzene rings is 1. The minimum absolute atomic E-state index is 0.0410. The average Bonchev–Trinajstić information content (AvgIpc) is 3.08. The highest BCUT2D eigenvalue weighted by atomic mass is 32.2. The molecule has 2 heterocycles. The first-order valence-corrected chi connectivity index (χ1v) is 8.39. The van der Waals surface area contributed by atoms with Crippen LogP contribution in [0.3, 0.4) is 0 Å². The van der Waals surface area contributed by atoms with Gasteiger partial charge in [0.1, 0.15) is 17.1 Å². The number of carbonyl (C=O) groups is 1. The number of nitrogens with zero attached hydrogens (tertiary/aromatic N) is 2. The second-order valence-corrected chi connectivity index (χ2v) is 6.72. The predicted octanol–water partition coefficient (Wildman–Crippen LogP) is 1.34. The number of carboxylic acids is 1. The van der Waals surface area contributed by atoms with Gasteiger partial charge in [-0.05, 0) is 18.6 Å². The van der Waals surface area contributed by atoms with E-state index in [1.165, 1.54) is 31.5 Å². The summed E-state index contributed by atoms with van der Waals surface area (Å²) in [6.07, 6.45) is 2.96. The molecule has 2 N–H and O–H groups in total. The summed E-state index contributed by atoms with van der Waals surface area (Å²) in [6.45, 7) is 0.618. The minimum atomic E-state index is -3.81. The van der Waals surface area contributed by atoms with Crippen LogP contribution in [-0.4, -0.2) is 36.2 Å². The summed E-state index contributed by atoms with van der Waals surface area (Å²) in [6, 6.07) is 4.01. The van der Waals surface area contributed by atoms with Gasteiger partial charge in [0, 0.05) is 19.0 Å². The third-order valence-corrected chi connectivity index (χ3v) is 5.02. The Labute approximate surface area is 132 Å². The number of nitrogens with one attached hydrogen (secondary N) is 1. The molecule has 3 rings (SSSR count). The van der Waals surface area contributed by atoms with E-state index in [4.69, 9.17) is 9.84 Å². The van der Waals surface area contributed by atoms with E-state index in [1.807, 2.05) is 0 Å². The fourth-order valence-electron chi connectivity index (χ4n) is 2.58. The van der Waals surface area contributed by atoms with Crippen LogP contribution in [0.1, 0.15) is 22.6 Å². The molecule has 122 valence electrons. The van der Waals surface area contributed by atoms with Crippen molar-refractivity contribution in [1.82, 2.24) is 9.55 Å². The number of hydrogen-bond donors (Lipinski definition) is 2. The molecule has 0 spiro atoms. The highest BCUT2D eigenvalue weighted by Crippen LogP contribution is 2.26. The molecule has 0 unspecified atom stereocenters. The lowest BCUT2D eigenvalue weighted by Crippen LogP contribution is -2.17. The molecule has 0 fully saturated rings. The van der Waals surface area contributed by atoms with Crippen LogP contribution in [0.25, 0.3) is 0 Å². The van der Waals surface area contributed by atoms with Gasteiger partial charge >= 0.3 is 5.97 Å². The summed E-state index contributed by atoms with van der Waals surface area (Å²) in [5.41, 5.74) is 0.182. The molecule has 9 heteroatoms. The summed E-state index contributed by atoms with van der Waals surface area (Å²) in [7, 11) is -2.48. The van der Waals surface area contributed by atoms with Gasteiger partial charge in [0.05, 0.1) is 19.0 Å². The van der Waals surface area contributed by atoms with Gasteiger partial charge in [0.15, 0.2) is 5.03 Å². The van der Waals surface area contributed by atoms with Crippen molar-refractivity contribution < 1.29 is 23.1 Å². The first-order valence-electron chi connectivity index (χ1n) is 6.91. The van der Waals surface area contributed by atoms with E-state index in [0.717, 1.165) is 18.7 Å². The van der Waals surface area contributed by atoms with Crippen LogP contribution in [0, 0.1) is 0 Å². The van der Waals surface area contributed by atoms with Gasteiger partial charge in [-0.15, -0.1) is 0 Å². The molecular formula is C14H15N3O5S. The molecule has 0 saturated carbocycles. The standard InChI is InChI=1S/C14H15N3O5S/c1-22-11-7-9(4-5-10(11)14(18)19)16-23(20,21)13-8-15-12-3-2-6-17(12)13/h4-5,7-8,16H,2-3,6H2,1H3,(H,18,19). The van der Waals surface area contributed by atoms with E-state index < -0.39 is 16.0 Å². The van der Waals surface area contributed by atoms with Crippen LogP contribution in [0.15, 0.2) is 29.4 Å². The predicted molar refractivity (Wildman–Crippen MR) is 81.3 cm³/mol. The Hall–Kier alpha value is -2.55. The van der Waals surface area contributed by atoms with E-state index >= 15 is 0 Å². The number of aryl methyl sites for hydroxylation is 1. The van der Waals surface area contributed by atoms with E-state index in [1.54, 1.807) is 4.57 Å². The van der Waals surface area contributed by atoms with Crippen LogP contribution in [0.4, 0.5) is 5.69 Å². The fraction of sp³-hybridized carbons (Fsp3) is 0.286. The molecule has 8 nitrogen and oxygen atoms in total. The highest BCUT2D eigenvalue weighted by molar-refractivity contribution is 7.92. The third kappa shape index (κ3) is 2.74. The number of rotatable bonds is 5. The van der Waals surface area contributed by atoms with Crippen molar-refractivity contribution in [3.05, 3.63) is 35.8 Å². The Morgan fingerprint density at radius 3 is 2.91 bits per heavy atom. The zero-order valence-electron chi connectivity index (χ0n) is 12.3. The first-order chi connectivity index (χ1) is 10.9. The lowest BCUT2D eigenvalue weighted by Gasteiger charge is -2.11. The zero-order chi connectivity index (χ0) is 16.6. The quantitative estimate of drug-likeness (QED) is 0.852. The lowest BCUT2D eigenvalue weighted by molar-refractivity contribution is 0.0693. The number of carboxylic acid groups (broad SMARTS) is 1. The summed E-state index contributed by atoms with van der Waals surface area (Å²) in [5.74, 6) is -0.315. The molecule has 1 aliphatic heterocycles. The Morgan fingerprint density at radius 2 is 2.22 bits per heavy atom. The van der Waals surface area contributed by atoms with Gasteiger partial charge in [0.2, 0.25) is 0 Å². The molecule has 1 aliphatic rings. The van der Waals surface area contributed by atoms with Gasteiger partial charge in [-0.2, -0.15) is 8.42 Å². The van der Waals surface area contributed by atoms with Crippen LogP contribution >= 0.6 is 0 Å². The maximum atomic E-state index is 12.5. The van der Waals surface area contributed by atoms with Gasteiger partial charge < -0.3 is 14.4 Å². The average molecular weight is 337 g/mol. The van der Waals surface area contributed by atoms with Gasteiger partial charge in [-0.25, -0.2) is 9.78 Å². The molecule has 0 saturated heterocycles. The van der Waals surface area contributed by atoms with Crippen molar-refractivity contribution in [3.63, 3.8) is 0 Å². The Bertz CT molecular complexity index is 873. The number of hydrogen-bond acceptors (Lipinski definition) is 5. The summed E-state index contributed by atoms with van der Waals surface area (Å²) < 4.78 is 34.1. The second-order valence-electron chi connectivity index (χ2n) is 5.09. The van der Waals surface area contributed by atoms with Crippen molar-refractivity contribution >= 4 is 21.7 Å². The minimum Gasteiger partial charge on any atom is -0.496 e. The van der Waals surface area contributed by atoms with Crippen molar-refractivity contribution in [2.24, 2.45) is 0 Å². The monoisotopic (exact) mass is 337 g/mol. The van der Waals surface area contributed by atoms with Crippen LogP contribution in [0.2, 0.25) is 0 Å². The fourth-order valence-corrected chi connectivity index (χ4v) is 3.80. The van der Waals surface area contributed by atoms with Crippen LogP contribution < -0.4 is 9.46 Å². The SMILES string of the molecule is COc1cc(NS(=O)(=O)c2cnc3n2CCC3)ccc1C(=O)O. The molecule has 23 heavy (non-hydrogen) atoms. The Morgan fingerprint density at radius 1 is 1.43 bits per heavy atom. The van der Waals surface area contributed by atoms with Gasteiger partial charge in [0.25, 0.3) is 10.0 Å². The Balaban J connectivity index is 1.93. The van der Waals surface area contributed by atoms with E-state index in [9.17, 15) is 13.2 Å². The number of aromatic nitrogens is 2. The summed E-state index contributed by atoms with van der Waals surface area (Å²) >= 11 is 0. The van der Waals surface area contributed by atoms with Crippen molar-refractivity contribution in [3.8, 4) is 5.75 Å². The number of ether oxygens (including phenoxy) is 1. The number of fused-ring (bicyclic) bond motifs is 1. The molecule has 1 aromatic heterocycles. The molecule has 0 atom stereocenters. The number of sulfonamides is 1. The largest absolute Gasteiger partial charge is 0.496 e. The summed E-state index contributed by atoms with van der Waals surface area (Å²) in [5, 5.41) is 9.15. The molecule has 2 aromatic rings. The number of methoxy groups -OCH3 is 1. The zero-order valence-corrected chi connectivity index (χ0v) is 13.1. The summed E-state index contributed by atoms with van der Waals surface area (Å²) in [4.78, 5) is 15.2. The molecule has 1 aromatic carbocycles. The molecular weight excluding hydrogens is 322 g/mol. The topological polar surface area (TPSA) is 111 Å². The van der Waals surface area contributed by atoms with Crippen LogP contribution in [-0.2, 0) is 23.0 Å². The van der Waals surface area contributed by atoms with Crippen molar-refractivity contribution in [2.45, 2.75) is 24.4 Å². The van der Waals surface area contributed by atoms with Crippen LogP contribution in [0.5, 0.6) is 5.75 Å². The van der Waals surface area contributed by atoms with E-state index in [2.05, 4.69) is 9.71 Å². The molecule has 0 bridgehead atoms. The smallest absolute Gasteiger partial charge is 0.339 e.